The summed E-state index contributed by atoms with van der Waals surface area (Å²) in [5, 5.41) is 17.6. The lowest BCUT2D eigenvalue weighted by molar-refractivity contribution is 0.394. The van der Waals surface area contributed by atoms with Gasteiger partial charge in [0.2, 0.25) is 0 Å². The van der Waals surface area contributed by atoms with Crippen LogP contribution in [0.5, 0.6) is 17.2 Å². The van der Waals surface area contributed by atoms with Crippen LogP contribution in [0.1, 0.15) is 0 Å². The Balaban J connectivity index is 1.78. The average molecular weight is 377 g/mol. The van der Waals surface area contributed by atoms with Crippen LogP contribution in [0.3, 0.4) is 0 Å². The Kier molecular flexibility index (Phi) is 4.36. The summed E-state index contributed by atoms with van der Waals surface area (Å²) in [4.78, 5) is 4.48. The lowest BCUT2D eigenvalue weighted by Gasteiger charge is -2.11. The monoisotopic (exact) mass is 377 g/mol. The molecule has 0 saturated heterocycles. The second-order valence-corrected chi connectivity index (χ2v) is 6.09. The van der Waals surface area contributed by atoms with Gasteiger partial charge in [0.15, 0.2) is 11.6 Å². The summed E-state index contributed by atoms with van der Waals surface area (Å²) < 4.78 is 12.3. The fourth-order valence-corrected chi connectivity index (χ4v) is 2.99. The molecule has 4 aromatic rings. The van der Waals surface area contributed by atoms with Crippen LogP contribution in [0.15, 0.2) is 54.7 Å². The van der Waals surface area contributed by atoms with E-state index in [0.29, 0.717) is 40.2 Å². The van der Waals surface area contributed by atoms with E-state index in [0.717, 1.165) is 5.56 Å². The molecular weight excluding hydrogens is 358 g/mol. The Morgan fingerprint density at radius 2 is 1.71 bits per heavy atom. The van der Waals surface area contributed by atoms with Gasteiger partial charge >= 0.3 is 0 Å². The minimum absolute atomic E-state index is 0.0185. The van der Waals surface area contributed by atoms with Crippen molar-refractivity contribution in [2.45, 2.75) is 0 Å². The van der Waals surface area contributed by atoms with Crippen LogP contribution in [0, 0.1) is 0 Å². The van der Waals surface area contributed by atoms with Crippen molar-refractivity contribution in [3.63, 3.8) is 0 Å². The van der Waals surface area contributed by atoms with Crippen LogP contribution in [0.2, 0.25) is 0 Å². The van der Waals surface area contributed by atoms with Gasteiger partial charge in [0.05, 0.1) is 26.1 Å². The van der Waals surface area contributed by atoms with Crippen LogP contribution in [0.25, 0.3) is 28.5 Å². The summed E-state index contributed by atoms with van der Waals surface area (Å²) in [6.07, 6.45) is 1.52. The number of nitrogens with one attached hydrogen (secondary N) is 1. The van der Waals surface area contributed by atoms with Crippen molar-refractivity contribution in [2.24, 2.45) is 0 Å². The highest BCUT2D eigenvalue weighted by molar-refractivity contribution is 5.79. The molecule has 0 radical (unpaired) electrons. The highest BCUT2D eigenvalue weighted by Crippen LogP contribution is 2.38. The van der Waals surface area contributed by atoms with Gasteiger partial charge in [-0.25, -0.2) is 4.98 Å². The number of ether oxygens (including phenoxy) is 2. The quantitative estimate of drug-likeness (QED) is 0.492. The molecule has 4 rings (SSSR count). The molecule has 0 aliphatic carbocycles. The second-order valence-electron chi connectivity index (χ2n) is 6.09. The van der Waals surface area contributed by atoms with Crippen LogP contribution in [-0.2, 0) is 0 Å². The molecule has 142 valence electrons. The van der Waals surface area contributed by atoms with Gasteiger partial charge in [-0.3, -0.25) is 9.67 Å². The van der Waals surface area contributed by atoms with Crippen LogP contribution >= 0.6 is 0 Å². The highest BCUT2D eigenvalue weighted by Gasteiger charge is 2.20. The molecule has 0 fully saturated rings. The predicted octanol–water partition coefficient (Wildman–Crippen LogP) is 3.23. The van der Waals surface area contributed by atoms with E-state index in [4.69, 9.17) is 15.2 Å². The highest BCUT2D eigenvalue weighted by atomic mass is 16.5. The molecule has 2 aromatic carbocycles. The summed E-state index contributed by atoms with van der Waals surface area (Å²) in [5.74, 6) is 2.40. The molecule has 0 spiro atoms. The summed E-state index contributed by atoms with van der Waals surface area (Å²) in [6.45, 7) is 0. The van der Waals surface area contributed by atoms with Gasteiger partial charge in [-0.1, -0.05) is 30.3 Å². The number of aromatic amines is 1. The largest absolute Gasteiger partial charge is 0.505 e. The summed E-state index contributed by atoms with van der Waals surface area (Å²) in [5.41, 5.74) is 8.24. The number of aromatic nitrogens is 4. The first-order chi connectivity index (χ1) is 13.6. The van der Waals surface area contributed by atoms with Crippen molar-refractivity contribution in [3.05, 3.63) is 54.7 Å². The number of aromatic hydroxyl groups is 1. The van der Waals surface area contributed by atoms with Crippen molar-refractivity contribution >= 4 is 5.82 Å². The van der Waals surface area contributed by atoms with Crippen LogP contribution in [0.4, 0.5) is 5.82 Å². The molecule has 0 saturated carbocycles. The number of rotatable bonds is 5. The lowest BCUT2D eigenvalue weighted by atomic mass is 10.2. The Morgan fingerprint density at radius 1 is 1.04 bits per heavy atom. The number of nitrogens with zero attached hydrogens (tertiary/aromatic N) is 3. The molecule has 8 heteroatoms. The van der Waals surface area contributed by atoms with Gasteiger partial charge in [0.25, 0.3) is 0 Å². The maximum atomic E-state index is 10.5. The minimum Gasteiger partial charge on any atom is -0.505 e. The number of nitrogen functional groups attached to an aromatic ring is 1. The maximum absolute atomic E-state index is 10.5. The zero-order valence-corrected chi connectivity index (χ0v) is 15.4. The third-order valence-electron chi connectivity index (χ3n) is 4.39. The van der Waals surface area contributed by atoms with Crippen LogP contribution in [-0.4, -0.2) is 39.1 Å². The third kappa shape index (κ3) is 3.01. The normalized spacial score (nSPS) is 10.8. The number of anilines is 1. The Hall–Kier alpha value is -3.94. The first-order valence-electron chi connectivity index (χ1n) is 8.52. The van der Waals surface area contributed by atoms with E-state index in [-0.39, 0.29) is 5.75 Å². The molecule has 2 aromatic heterocycles. The van der Waals surface area contributed by atoms with Crippen molar-refractivity contribution in [1.82, 2.24) is 19.7 Å². The zero-order chi connectivity index (χ0) is 19.7. The molecule has 28 heavy (non-hydrogen) atoms. The van der Waals surface area contributed by atoms with E-state index in [9.17, 15) is 5.11 Å². The van der Waals surface area contributed by atoms with Crippen molar-refractivity contribution in [2.75, 3.05) is 20.0 Å². The van der Waals surface area contributed by atoms with Gasteiger partial charge < -0.3 is 20.3 Å². The van der Waals surface area contributed by atoms with E-state index in [1.807, 2.05) is 30.3 Å². The van der Waals surface area contributed by atoms with Crippen molar-refractivity contribution in [1.29, 1.82) is 0 Å². The van der Waals surface area contributed by atoms with E-state index in [2.05, 4.69) is 15.2 Å². The van der Waals surface area contributed by atoms with E-state index in [1.54, 1.807) is 37.0 Å². The Bertz CT molecular complexity index is 1100. The fourth-order valence-electron chi connectivity index (χ4n) is 2.99. The molecule has 0 amide bonds. The molecule has 0 bridgehead atoms. The van der Waals surface area contributed by atoms with Gasteiger partial charge in [0.1, 0.15) is 28.6 Å². The Labute approximate surface area is 161 Å². The van der Waals surface area contributed by atoms with E-state index >= 15 is 0 Å². The number of hydrogen-bond acceptors (Lipinski definition) is 6. The fraction of sp³-hybridized carbons (Fsp3) is 0.100. The van der Waals surface area contributed by atoms with Gasteiger partial charge in [-0.05, 0) is 0 Å². The number of hydrogen-bond donors (Lipinski definition) is 3. The molecule has 0 atom stereocenters. The van der Waals surface area contributed by atoms with Crippen molar-refractivity contribution in [3.8, 4) is 45.7 Å². The minimum atomic E-state index is -0.0185. The third-order valence-corrected chi connectivity index (χ3v) is 4.39. The maximum Gasteiger partial charge on any atom is 0.181 e. The molecule has 0 aliphatic rings. The molecule has 4 N–H and O–H groups in total. The number of nitrogens with two attached hydrogens (primary N) is 1. The smallest absolute Gasteiger partial charge is 0.181 e. The van der Waals surface area contributed by atoms with Gasteiger partial charge in [-0.2, -0.15) is 5.10 Å². The SMILES string of the molecule is COc1cc(OC)cc(-n2cc(O)c(-c3nc(-c4ccccc4)n[nH]3)c2N)c1. The molecule has 2 heterocycles. The molecule has 8 nitrogen and oxygen atoms in total. The summed E-state index contributed by atoms with van der Waals surface area (Å²) in [7, 11) is 3.14. The second kappa shape index (κ2) is 6.99. The number of H-pyrrole nitrogens is 1. The first-order valence-corrected chi connectivity index (χ1v) is 8.52. The lowest BCUT2D eigenvalue weighted by Crippen LogP contribution is -2.01. The Morgan fingerprint density at radius 3 is 2.36 bits per heavy atom. The standard InChI is InChI=1S/C20H19N5O3/c1-27-14-8-13(9-15(10-14)28-2)25-11-16(26)17(18(25)21)20-22-19(23-24-20)12-6-4-3-5-7-12/h3-11,26H,21H2,1-2H3,(H,22,23,24). The average Bonchev–Trinajstić information content (AvgIpc) is 3.32. The number of benzene rings is 2. The zero-order valence-electron chi connectivity index (χ0n) is 15.4. The molecule has 0 aliphatic heterocycles. The molecule has 0 unspecified atom stereocenters. The van der Waals surface area contributed by atoms with Crippen molar-refractivity contribution < 1.29 is 14.6 Å². The van der Waals surface area contributed by atoms with Crippen LogP contribution < -0.4 is 15.2 Å². The van der Waals surface area contributed by atoms with E-state index < -0.39 is 0 Å². The number of methoxy groups -OCH3 is 2. The van der Waals surface area contributed by atoms with E-state index in [1.165, 1.54) is 6.20 Å². The van der Waals surface area contributed by atoms with Gasteiger partial charge in [-0.15, -0.1) is 0 Å². The topological polar surface area (TPSA) is 111 Å². The summed E-state index contributed by atoms with van der Waals surface area (Å²) >= 11 is 0. The molecular formula is C20H19N5O3. The van der Waals surface area contributed by atoms with Gasteiger partial charge in [0, 0.05) is 23.8 Å². The first kappa shape index (κ1) is 17.5. The predicted molar refractivity (Wildman–Crippen MR) is 106 cm³/mol. The summed E-state index contributed by atoms with van der Waals surface area (Å²) in [6, 6.07) is 14.9.